The third-order valence-electron chi connectivity index (χ3n) is 2.00. The summed E-state index contributed by atoms with van der Waals surface area (Å²) in [6.45, 7) is 3.15. The third kappa shape index (κ3) is 3.73. The molecule has 0 fully saturated rings. The van der Waals surface area contributed by atoms with Gasteiger partial charge < -0.3 is 11.1 Å². The molecule has 16 heavy (non-hydrogen) atoms. The highest BCUT2D eigenvalue weighted by molar-refractivity contribution is 7.92. The summed E-state index contributed by atoms with van der Waals surface area (Å²) in [5, 5.41) is 3.76. The molecule has 92 valence electrons. The summed E-state index contributed by atoms with van der Waals surface area (Å²) in [4.78, 5) is 4.17. The zero-order valence-electron chi connectivity index (χ0n) is 9.49. The van der Waals surface area contributed by atoms with E-state index < -0.39 is 9.84 Å². The van der Waals surface area contributed by atoms with E-state index in [0.717, 1.165) is 19.4 Å². The van der Waals surface area contributed by atoms with Crippen LogP contribution in [-0.2, 0) is 9.84 Å². The van der Waals surface area contributed by atoms with Gasteiger partial charge in [0.05, 0.1) is 5.69 Å². The van der Waals surface area contributed by atoms with Crippen LogP contribution in [0.5, 0.6) is 0 Å². The van der Waals surface area contributed by atoms with Gasteiger partial charge >= 0.3 is 0 Å². The minimum Gasteiger partial charge on any atom is -0.361 e. The van der Waals surface area contributed by atoms with E-state index in [1.165, 1.54) is 17.6 Å². The molecule has 0 aliphatic heterocycles. The van der Waals surface area contributed by atoms with Crippen LogP contribution in [0, 0.1) is 6.92 Å². The number of hydrogen-bond donors (Lipinski definition) is 2. The number of nitrogens with one attached hydrogen (secondary N) is 1. The van der Waals surface area contributed by atoms with Gasteiger partial charge in [0.15, 0.2) is 15.0 Å². The maximum absolute atomic E-state index is 11.4. The third-order valence-corrected chi connectivity index (χ3v) is 5.03. The van der Waals surface area contributed by atoms with Crippen molar-refractivity contribution in [2.45, 2.75) is 24.0 Å². The molecule has 0 aliphatic carbocycles. The maximum Gasteiger partial charge on any atom is 0.186 e. The molecule has 1 aromatic heterocycles. The lowest BCUT2D eigenvalue weighted by molar-refractivity contribution is 0.603. The fourth-order valence-electron chi connectivity index (χ4n) is 1.27. The molecule has 0 aromatic carbocycles. The van der Waals surface area contributed by atoms with Crippen LogP contribution in [0.2, 0.25) is 0 Å². The van der Waals surface area contributed by atoms with Crippen LogP contribution >= 0.6 is 11.3 Å². The summed E-state index contributed by atoms with van der Waals surface area (Å²) < 4.78 is 23.1. The van der Waals surface area contributed by atoms with Crippen LogP contribution < -0.4 is 11.1 Å². The SMILES string of the molecule is Cc1nc(NCCCCN)sc1S(C)(=O)=O. The van der Waals surface area contributed by atoms with E-state index in [1.54, 1.807) is 6.92 Å². The van der Waals surface area contributed by atoms with E-state index in [9.17, 15) is 8.42 Å². The van der Waals surface area contributed by atoms with E-state index in [4.69, 9.17) is 5.73 Å². The van der Waals surface area contributed by atoms with Crippen LogP contribution in [0.25, 0.3) is 0 Å². The lowest BCUT2D eigenvalue weighted by atomic mass is 10.3. The fraction of sp³-hybridized carbons (Fsp3) is 0.667. The molecule has 0 spiro atoms. The normalized spacial score (nSPS) is 11.7. The highest BCUT2D eigenvalue weighted by Gasteiger charge is 2.16. The van der Waals surface area contributed by atoms with Crippen LogP contribution in [-0.4, -0.2) is 32.7 Å². The Morgan fingerprint density at radius 1 is 1.44 bits per heavy atom. The summed E-state index contributed by atoms with van der Waals surface area (Å²) >= 11 is 1.18. The van der Waals surface area contributed by atoms with Gasteiger partial charge in [-0.1, -0.05) is 11.3 Å². The number of rotatable bonds is 6. The molecule has 0 aliphatic rings. The number of nitrogens with two attached hydrogens (primary N) is 1. The van der Waals surface area contributed by atoms with Crippen LogP contribution in [0.4, 0.5) is 5.13 Å². The Kier molecular flexibility index (Phi) is 4.69. The Hall–Kier alpha value is -0.660. The Labute approximate surface area is 100.0 Å². The molecule has 0 radical (unpaired) electrons. The fourth-order valence-corrected chi connectivity index (χ4v) is 3.42. The summed E-state index contributed by atoms with van der Waals surface area (Å²) in [5.41, 5.74) is 5.94. The number of aromatic nitrogens is 1. The second kappa shape index (κ2) is 5.60. The lowest BCUT2D eigenvalue weighted by Gasteiger charge is -2.00. The van der Waals surface area contributed by atoms with Crippen molar-refractivity contribution in [1.29, 1.82) is 0 Å². The Balaban J connectivity index is 2.64. The van der Waals surface area contributed by atoms with Crippen LogP contribution in [0.1, 0.15) is 18.5 Å². The molecule has 1 heterocycles. The monoisotopic (exact) mass is 263 g/mol. The van der Waals surface area contributed by atoms with Crippen molar-refractivity contribution in [3.8, 4) is 0 Å². The standard InChI is InChI=1S/C9H17N3O2S2/c1-7-8(16(2,13)14)15-9(12-7)11-6-4-3-5-10/h3-6,10H2,1-2H3,(H,11,12). The van der Waals surface area contributed by atoms with Gasteiger partial charge in [0.1, 0.15) is 4.21 Å². The summed E-state index contributed by atoms with van der Waals surface area (Å²) in [6.07, 6.45) is 3.12. The van der Waals surface area contributed by atoms with Gasteiger partial charge in [-0.05, 0) is 26.3 Å². The van der Waals surface area contributed by atoms with Gasteiger partial charge in [0.2, 0.25) is 0 Å². The number of hydrogen-bond acceptors (Lipinski definition) is 6. The number of aryl methyl sites for hydroxylation is 1. The zero-order chi connectivity index (χ0) is 12.2. The average Bonchev–Trinajstić information content (AvgIpc) is 2.54. The van der Waals surface area contributed by atoms with Crippen molar-refractivity contribution < 1.29 is 8.42 Å². The molecular formula is C9H17N3O2S2. The molecule has 0 unspecified atom stereocenters. The largest absolute Gasteiger partial charge is 0.361 e. The van der Waals surface area contributed by atoms with E-state index in [0.29, 0.717) is 21.6 Å². The molecule has 1 aromatic rings. The second-order valence-corrected chi connectivity index (χ2v) is 6.80. The molecule has 0 saturated heterocycles. The van der Waals surface area contributed by atoms with Crippen molar-refractivity contribution in [2.24, 2.45) is 5.73 Å². The topological polar surface area (TPSA) is 85.1 Å². The highest BCUT2D eigenvalue weighted by atomic mass is 32.2. The smallest absolute Gasteiger partial charge is 0.186 e. The minimum atomic E-state index is -3.15. The van der Waals surface area contributed by atoms with Crippen molar-refractivity contribution in [2.75, 3.05) is 24.7 Å². The molecule has 7 heteroatoms. The van der Waals surface area contributed by atoms with Crippen molar-refractivity contribution in [1.82, 2.24) is 4.98 Å². The van der Waals surface area contributed by atoms with Gasteiger partial charge in [-0.3, -0.25) is 0 Å². The molecule has 0 amide bonds. The first kappa shape index (κ1) is 13.4. The summed E-state index contributed by atoms with van der Waals surface area (Å²) in [7, 11) is -3.15. The molecule has 1 rings (SSSR count). The molecule has 0 atom stereocenters. The number of thiazole rings is 1. The zero-order valence-corrected chi connectivity index (χ0v) is 11.1. The van der Waals surface area contributed by atoms with Crippen LogP contribution in [0.3, 0.4) is 0 Å². The predicted molar refractivity (Wildman–Crippen MR) is 66.7 cm³/mol. The first-order valence-corrected chi connectivity index (χ1v) is 7.77. The highest BCUT2D eigenvalue weighted by Crippen LogP contribution is 2.26. The van der Waals surface area contributed by atoms with Crippen molar-refractivity contribution >= 4 is 26.3 Å². The molecule has 3 N–H and O–H groups in total. The van der Waals surface area contributed by atoms with Gasteiger partial charge in [-0.25, -0.2) is 13.4 Å². The lowest BCUT2D eigenvalue weighted by Crippen LogP contribution is -2.05. The quantitative estimate of drug-likeness (QED) is 0.748. The Morgan fingerprint density at radius 3 is 2.62 bits per heavy atom. The van der Waals surface area contributed by atoms with Gasteiger partial charge in [-0.15, -0.1) is 0 Å². The van der Waals surface area contributed by atoms with Crippen LogP contribution in [0.15, 0.2) is 4.21 Å². The molecular weight excluding hydrogens is 246 g/mol. The number of nitrogens with zero attached hydrogens (tertiary/aromatic N) is 1. The van der Waals surface area contributed by atoms with E-state index >= 15 is 0 Å². The molecule has 5 nitrogen and oxygen atoms in total. The number of sulfone groups is 1. The Morgan fingerprint density at radius 2 is 2.12 bits per heavy atom. The van der Waals surface area contributed by atoms with Crippen molar-refractivity contribution in [3.63, 3.8) is 0 Å². The van der Waals surface area contributed by atoms with Crippen molar-refractivity contribution in [3.05, 3.63) is 5.69 Å². The molecule has 0 bridgehead atoms. The maximum atomic E-state index is 11.4. The first-order chi connectivity index (χ1) is 7.45. The average molecular weight is 263 g/mol. The van der Waals surface area contributed by atoms with E-state index in [-0.39, 0.29) is 0 Å². The van der Waals surface area contributed by atoms with E-state index in [2.05, 4.69) is 10.3 Å². The van der Waals surface area contributed by atoms with E-state index in [1.807, 2.05) is 0 Å². The predicted octanol–water partition coefficient (Wildman–Crippen LogP) is 1.01. The first-order valence-electron chi connectivity index (χ1n) is 5.06. The van der Waals surface area contributed by atoms with Gasteiger partial charge in [-0.2, -0.15) is 0 Å². The number of unbranched alkanes of at least 4 members (excludes halogenated alkanes) is 1. The molecule has 0 saturated carbocycles. The van der Waals surface area contributed by atoms with Gasteiger partial charge in [0.25, 0.3) is 0 Å². The summed E-state index contributed by atoms with van der Waals surface area (Å²) in [6, 6.07) is 0. The Bertz CT molecular complexity index is 440. The number of anilines is 1. The summed E-state index contributed by atoms with van der Waals surface area (Å²) in [5.74, 6) is 0. The van der Waals surface area contributed by atoms with Gasteiger partial charge in [0, 0.05) is 12.8 Å². The second-order valence-electron chi connectivity index (χ2n) is 3.59. The minimum absolute atomic E-state index is 0.342.